The van der Waals surface area contributed by atoms with Gasteiger partial charge >= 0.3 is 6.09 Å². The second-order valence-electron chi connectivity index (χ2n) is 5.13. The molecule has 0 bridgehead atoms. The van der Waals surface area contributed by atoms with E-state index in [9.17, 15) is 9.59 Å². The molecule has 2 N–H and O–H groups in total. The Morgan fingerprint density at radius 1 is 1.21 bits per heavy atom. The van der Waals surface area contributed by atoms with Gasteiger partial charge in [0.05, 0.1) is 6.42 Å². The van der Waals surface area contributed by atoms with Crippen LogP contribution in [0.15, 0.2) is 24.3 Å². The van der Waals surface area contributed by atoms with E-state index in [1.54, 1.807) is 46.0 Å². The Morgan fingerprint density at radius 2 is 1.84 bits per heavy atom. The number of likely N-dealkylation sites (N-methyl/N-ethyl adjacent to an activating group) is 1. The van der Waals surface area contributed by atoms with Crippen LogP contribution in [0.2, 0.25) is 0 Å². The first kappa shape index (κ1) is 15.0. The molecule has 19 heavy (non-hydrogen) atoms. The van der Waals surface area contributed by atoms with E-state index in [4.69, 9.17) is 4.74 Å². The number of ether oxygens (including phenoxy) is 1. The Balaban J connectivity index is 2.78. The molecule has 0 heterocycles. The number of hydrogen-bond acceptors (Lipinski definition) is 3. The molecule has 0 aliphatic rings. The summed E-state index contributed by atoms with van der Waals surface area (Å²) in [6, 6.07) is 7.14. The first-order chi connectivity index (χ1) is 8.81. The number of rotatable bonds is 3. The van der Waals surface area contributed by atoms with E-state index in [1.807, 2.05) is 6.07 Å². The van der Waals surface area contributed by atoms with E-state index < -0.39 is 11.7 Å². The number of carbonyl (C=O) groups is 2. The fourth-order valence-corrected chi connectivity index (χ4v) is 1.47. The molecule has 0 saturated carbocycles. The van der Waals surface area contributed by atoms with Crippen LogP contribution in [0.3, 0.4) is 0 Å². The number of carbonyl (C=O) groups excluding carboxylic acids is 2. The van der Waals surface area contributed by atoms with Crippen molar-refractivity contribution in [3.05, 3.63) is 29.8 Å². The van der Waals surface area contributed by atoms with Gasteiger partial charge in [-0.05, 0) is 32.4 Å². The molecule has 0 spiro atoms. The Labute approximate surface area is 113 Å². The van der Waals surface area contributed by atoms with E-state index in [-0.39, 0.29) is 12.3 Å². The lowest BCUT2D eigenvalue weighted by Crippen LogP contribution is -2.28. The third kappa shape index (κ3) is 5.42. The van der Waals surface area contributed by atoms with Gasteiger partial charge in [0.25, 0.3) is 0 Å². The van der Waals surface area contributed by atoms with Gasteiger partial charge in [0.15, 0.2) is 0 Å². The molecule has 1 aromatic rings. The summed E-state index contributed by atoms with van der Waals surface area (Å²) in [5, 5.41) is 5.20. The maximum Gasteiger partial charge on any atom is 0.412 e. The molecular formula is C14H20N2O3. The van der Waals surface area contributed by atoms with Gasteiger partial charge in [0, 0.05) is 12.7 Å². The standard InChI is InChI=1S/C14H20N2O3/c1-14(2,3)19-13(18)16-11-8-6-5-7-10(11)9-12(17)15-4/h5-8H,9H2,1-4H3,(H,15,17)(H,16,18). The topological polar surface area (TPSA) is 67.4 Å². The molecule has 0 saturated heterocycles. The number of hydrogen-bond donors (Lipinski definition) is 2. The fraction of sp³-hybridized carbons (Fsp3) is 0.429. The molecule has 1 aromatic carbocycles. The molecule has 5 nitrogen and oxygen atoms in total. The molecule has 0 aliphatic carbocycles. The van der Waals surface area contributed by atoms with Crippen molar-refractivity contribution in [1.82, 2.24) is 5.32 Å². The van der Waals surface area contributed by atoms with Gasteiger partial charge in [0.1, 0.15) is 5.60 Å². The highest BCUT2D eigenvalue weighted by molar-refractivity contribution is 5.88. The van der Waals surface area contributed by atoms with Crippen molar-refractivity contribution in [2.45, 2.75) is 32.8 Å². The summed E-state index contributed by atoms with van der Waals surface area (Å²) in [4.78, 5) is 23.1. The minimum absolute atomic E-state index is 0.113. The molecule has 104 valence electrons. The molecule has 5 heteroatoms. The Morgan fingerprint density at radius 3 is 2.42 bits per heavy atom. The van der Waals surface area contributed by atoms with Crippen molar-refractivity contribution in [1.29, 1.82) is 0 Å². The van der Waals surface area contributed by atoms with Crippen LogP contribution in [0.1, 0.15) is 26.3 Å². The van der Waals surface area contributed by atoms with Gasteiger partial charge < -0.3 is 10.1 Å². The van der Waals surface area contributed by atoms with E-state index in [0.29, 0.717) is 5.69 Å². The van der Waals surface area contributed by atoms with Crippen LogP contribution in [0.25, 0.3) is 0 Å². The maximum atomic E-state index is 11.7. The van der Waals surface area contributed by atoms with Gasteiger partial charge in [-0.1, -0.05) is 18.2 Å². The quantitative estimate of drug-likeness (QED) is 0.880. The van der Waals surface area contributed by atoms with Crippen LogP contribution in [0.5, 0.6) is 0 Å². The van der Waals surface area contributed by atoms with Gasteiger partial charge in [-0.25, -0.2) is 4.79 Å². The lowest BCUT2D eigenvalue weighted by molar-refractivity contribution is -0.119. The highest BCUT2D eigenvalue weighted by Crippen LogP contribution is 2.17. The van der Waals surface area contributed by atoms with Crippen LogP contribution < -0.4 is 10.6 Å². The van der Waals surface area contributed by atoms with Crippen molar-refractivity contribution < 1.29 is 14.3 Å². The van der Waals surface area contributed by atoms with Crippen LogP contribution >= 0.6 is 0 Å². The second kappa shape index (κ2) is 6.22. The summed E-state index contributed by atoms with van der Waals surface area (Å²) in [5.41, 5.74) is 0.771. The zero-order valence-corrected chi connectivity index (χ0v) is 11.7. The monoisotopic (exact) mass is 264 g/mol. The molecule has 2 amide bonds. The van der Waals surface area contributed by atoms with Crippen LogP contribution in [-0.4, -0.2) is 24.6 Å². The Hall–Kier alpha value is -2.04. The molecule has 0 unspecified atom stereocenters. The fourth-order valence-electron chi connectivity index (χ4n) is 1.47. The minimum atomic E-state index is -0.556. The maximum absolute atomic E-state index is 11.7. The van der Waals surface area contributed by atoms with Crippen molar-refractivity contribution in [3.63, 3.8) is 0 Å². The van der Waals surface area contributed by atoms with Crippen molar-refractivity contribution in [2.24, 2.45) is 0 Å². The number of amides is 2. The summed E-state index contributed by atoms with van der Waals surface area (Å²) in [5.74, 6) is -0.113. The molecular weight excluding hydrogens is 244 g/mol. The summed E-state index contributed by atoms with van der Waals surface area (Å²) in [7, 11) is 1.58. The van der Waals surface area contributed by atoms with E-state index in [2.05, 4.69) is 10.6 Å². The van der Waals surface area contributed by atoms with Gasteiger partial charge in [-0.3, -0.25) is 10.1 Å². The van der Waals surface area contributed by atoms with E-state index >= 15 is 0 Å². The zero-order chi connectivity index (χ0) is 14.5. The smallest absolute Gasteiger partial charge is 0.412 e. The van der Waals surface area contributed by atoms with E-state index in [0.717, 1.165) is 5.56 Å². The van der Waals surface area contributed by atoms with Crippen LogP contribution in [0, 0.1) is 0 Å². The number of benzene rings is 1. The lowest BCUT2D eigenvalue weighted by Gasteiger charge is -2.20. The summed E-state index contributed by atoms with van der Waals surface area (Å²) in [6.07, 6.45) is -0.320. The number of anilines is 1. The highest BCUT2D eigenvalue weighted by atomic mass is 16.6. The van der Waals surface area contributed by atoms with E-state index in [1.165, 1.54) is 0 Å². The van der Waals surface area contributed by atoms with Crippen molar-refractivity contribution in [3.8, 4) is 0 Å². The molecule has 0 aromatic heterocycles. The molecule has 0 radical (unpaired) electrons. The van der Waals surface area contributed by atoms with Crippen molar-refractivity contribution in [2.75, 3.05) is 12.4 Å². The lowest BCUT2D eigenvalue weighted by atomic mass is 10.1. The molecule has 0 fully saturated rings. The summed E-state index contributed by atoms with van der Waals surface area (Å²) in [6.45, 7) is 5.38. The second-order valence-corrected chi connectivity index (χ2v) is 5.13. The first-order valence-corrected chi connectivity index (χ1v) is 6.10. The largest absolute Gasteiger partial charge is 0.444 e. The van der Waals surface area contributed by atoms with Crippen molar-refractivity contribution >= 4 is 17.7 Å². The number of nitrogens with one attached hydrogen (secondary N) is 2. The third-order valence-corrected chi connectivity index (χ3v) is 2.28. The predicted molar refractivity (Wildman–Crippen MR) is 74.1 cm³/mol. The van der Waals surface area contributed by atoms with Crippen LogP contribution in [-0.2, 0) is 16.0 Å². The average molecular weight is 264 g/mol. The first-order valence-electron chi connectivity index (χ1n) is 6.10. The normalized spacial score (nSPS) is 10.7. The zero-order valence-electron chi connectivity index (χ0n) is 11.7. The van der Waals surface area contributed by atoms with Gasteiger partial charge in [-0.15, -0.1) is 0 Å². The third-order valence-electron chi connectivity index (χ3n) is 2.28. The molecule has 0 aliphatic heterocycles. The highest BCUT2D eigenvalue weighted by Gasteiger charge is 2.17. The Bertz CT molecular complexity index is 464. The Kier molecular flexibility index (Phi) is 4.92. The average Bonchev–Trinajstić information content (AvgIpc) is 2.29. The minimum Gasteiger partial charge on any atom is -0.444 e. The summed E-state index contributed by atoms with van der Waals surface area (Å²) < 4.78 is 5.18. The molecule has 0 atom stereocenters. The predicted octanol–water partition coefficient (Wildman–Crippen LogP) is 2.32. The van der Waals surface area contributed by atoms with Crippen LogP contribution in [0.4, 0.5) is 10.5 Å². The number of para-hydroxylation sites is 1. The van der Waals surface area contributed by atoms with Gasteiger partial charge in [0.2, 0.25) is 5.91 Å². The SMILES string of the molecule is CNC(=O)Cc1ccccc1NC(=O)OC(C)(C)C. The van der Waals surface area contributed by atoms with Gasteiger partial charge in [-0.2, -0.15) is 0 Å². The summed E-state index contributed by atoms with van der Waals surface area (Å²) >= 11 is 0. The molecule has 1 rings (SSSR count).